The summed E-state index contributed by atoms with van der Waals surface area (Å²) < 4.78 is 38.6. The number of nitrogens with one attached hydrogen (secondary N) is 1. The number of rotatable bonds is 3. The number of benzene rings is 1. The molecule has 3 rings (SSSR count). The van der Waals surface area contributed by atoms with E-state index in [0.717, 1.165) is 38.1 Å². The Morgan fingerprint density at radius 1 is 1.04 bits per heavy atom. The fourth-order valence-electron chi connectivity index (χ4n) is 2.78. The molecule has 0 amide bonds. The Labute approximate surface area is 149 Å². The van der Waals surface area contributed by atoms with Crippen LogP contribution in [0.15, 0.2) is 30.5 Å². The van der Waals surface area contributed by atoms with Gasteiger partial charge in [-0.3, -0.25) is 0 Å². The lowest BCUT2D eigenvalue weighted by molar-refractivity contribution is -0.137. The van der Waals surface area contributed by atoms with Crippen molar-refractivity contribution in [1.29, 1.82) is 0 Å². The van der Waals surface area contributed by atoms with Crippen LogP contribution in [0, 0.1) is 0 Å². The topological polar surface area (TPSA) is 41.1 Å². The van der Waals surface area contributed by atoms with Gasteiger partial charge >= 0.3 is 6.18 Å². The van der Waals surface area contributed by atoms with E-state index in [1.165, 1.54) is 18.9 Å². The van der Waals surface area contributed by atoms with E-state index in [1.54, 1.807) is 12.3 Å². The molecule has 0 radical (unpaired) electrons. The van der Waals surface area contributed by atoms with Crippen molar-refractivity contribution in [3.05, 3.63) is 41.0 Å². The zero-order valence-electron chi connectivity index (χ0n) is 13.5. The number of alkyl halides is 3. The fourth-order valence-corrected chi connectivity index (χ4v) is 2.94. The van der Waals surface area contributed by atoms with Crippen LogP contribution < -0.4 is 10.2 Å². The summed E-state index contributed by atoms with van der Waals surface area (Å²) >= 11 is 6.02. The van der Waals surface area contributed by atoms with Gasteiger partial charge in [0.15, 0.2) is 0 Å². The second kappa shape index (κ2) is 7.47. The number of halogens is 4. The molecule has 0 spiro atoms. The SMILES string of the molecule is FC(F)(F)c1ccc(Cl)c(Nc2ccnc(N3CCCCCC3)n2)c1. The normalized spacial score (nSPS) is 15.8. The molecule has 8 heteroatoms. The summed E-state index contributed by atoms with van der Waals surface area (Å²) in [6, 6.07) is 4.77. The van der Waals surface area contributed by atoms with Crippen LogP contribution in [-0.4, -0.2) is 23.1 Å². The van der Waals surface area contributed by atoms with Crippen LogP contribution in [0.25, 0.3) is 0 Å². The highest BCUT2D eigenvalue weighted by Crippen LogP contribution is 2.34. The van der Waals surface area contributed by atoms with Gasteiger partial charge in [-0.05, 0) is 37.1 Å². The van der Waals surface area contributed by atoms with Gasteiger partial charge in [0.25, 0.3) is 0 Å². The molecule has 0 aliphatic carbocycles. The Balaban J connectivity index is 1.82. The standard InChI is InChI=1S/C17H18ClF3N4/c18-13-6-5-12(17(19,20)21)11-14(13)23-15-7-8-22-16(24-15)25-9-3-1-2-4-10-25/h5-8,11H,1-4,9-10H2,(H,22,23,24). The predicted molar refractivity (Wildman–Crippen MR) is 92.4 cm³/mol. The largest absolute Gasteiger partial charge is 0.416 e. The predicted octanol–water partition coefficient (Wildman–Crippen LogP) is 5.27. The number of hydrogen-bond acceptors (Lipinski definition) is 4. The van der Waals surface area contributed by atoms with Crippen molar-refractivity contribution in [2.24, 2.45) is 0 Å². The smallest absolute Gasteiger partial charge is 0.341 e. The molecular weight excluding hydrogens is 353 g/mol. The maximum atomic E-state index is 12.9. The highest BCUT2D eigenvalue weighted by Gasteiger charge is 2.31. The molecule has 0 saturated carbocycles. The Kier molecular flexibility index (Phi) is 5.32. The monoisotopic (exact) mass is 370 g/mol. The van der Waals surface area contributed by atoms with Crippen molar-refractivity contribution >= 4 is 29.1 Å². The summed E-state index contributed by atoms with van der Waals surface area (Å²) in [5.74, 6) is 0.991. The molecule has 2 aromatic rings. The Bertz CT molecular complexity index is 728. The van der Waals surface area contributed by atoms with Gasteiger partial charge in [-0.1, -0.05) is 24.4 Å². The molecular formula is C17H18ClF3N4. The van der Waals surface area contributed by atoms with E-state index in [9.17, 15) is 13.2 Å². The van der Waals surface area contributed by atoms with Crippen LogP contribution in [0.2, 0.25) is 5.02 Å². The molecule has 1 fully saturated rings. The molecule has 0 bridgehead atoms. The summed E-state index contributed by atoms with van der Waals surface area (Å²) in [6.07, 6.45) is 1.71. The molecule has 4 nitrogen and oxygen atoms in total. The third-order valence-corrected chi connectivity index (χ3v) is 4.42. The maximum absolute atomic E-state index is 12.9. The average molecular weight is 371 g/mol. The summed E-state index contributed by atoms with van der Waals surface area (Å²) in [5.41, 5.74) is -0.599. The molecule has 0 atom stereocenters. The maximum Gasteiger partial charge on any atom is 0.416 e. The molecule has 1 saturated heterocycles. The van der Waals surface area contributed by atoms with E-state index >= 15 is 0 Å². The second-order valence-electron chi connectivity index (χ2n) is 5.96. The van der Waals surface area contributed by atoms with Gasteiger partial charge < -0.3 is 10.2 Å². The number of anilines is 3. The lowest BCUT2D eigenvalue weighted by atomic mass is 10.2. The van der Waals surface area contributed by atoms with Crippen LogP contribution in [0.5, 0.6) is 0 Å². The van der Waals surface area contributed by atoms with Crippen LogP contribution in [0.3, 0.4) is 0 Å². The molecule has 1 aromatic heterocycles. The average Bonchev–Trinajstić information content (AvgIpc) is 2.85. The third-order valence-electron chi connectivity index (χ3n) is 4.09. The third kappa shape index (κ3) is 4.54. The molecule has 1 aromatic carbocycles. The number of aromatic nitrogens is 2. The van der Waals surface area contributed by atoms with Crippen molar-refractivity contribution in [3.63, 3.8) is 0 Å². The van der Waals surface area contributed by atoms with Gasteiger partial charge in [0, 0.05) is 19.3 Å². The fraction of sp³-hybridized carbons (Fsp3) is 0.412. The first-order valence-corrected chi connectivity index (χ1v) is 8.53. The lowest BCUT2D eigenvalue weighted by Gasteiger charge is -2.20. The van der Waals surface area contributed by atoms with E-state index in [4.69, 9.17) is 11.6 Å². The van der Waals surface area contributed by atoms with E-state index in [1.807, 2.05) is 0 Å². The van der Waals surface area contributed by atoms with Crippen molar-refractivity contribution in [1.82, 2.24) is 9.97 Å². The highest BCUT2D eigenvalue weighted by molar-refractivity contribution is 6.33. The van der Waals surface area contributed by atoms with E-state index in [-0.39, 0.29) is 10.7 Å². The van der Waals surface area contributed by atoms with Crippen molar-refractivity contribution in [2.45, 2.75) is 31.9 Å². The minimum Gasteiger partial charge on any atom is -0.341 e. The Morgan fingerprint density at radius 2 is 1.76 bits per heavy atom. The summed E-state index contributed by atoms with van der Waals surface area (Å²) in [4.78, 5) is 10.8. The summed E-state index contributed by atoms with van der Waals surface area (Å²) in [7, 11) is 0. The van der Waals surface area contributed by atoms with Gasteiger partial charge in [0.05, 0.1) is 16.3 Å². The van der Waals surface area contributed by atoms with Crippen molar-refractivity contribution in [2.75, 3.05) is 23.3 Å². The van der Waals surface area contributed by atoms with E-state index < -0.39 is 11.7 Å². The minimum absolute atomic E-state index is 0.164. The van der Waals surface area contributed by atoms with Gasteiger partial charge in [-0.2, -0.15) is 18.2 Å². The lowest BCUT2D eigenvalue weighted by Crippen LogP contribution is -2.26. The summed E-state index contributed by atoms with van der Waals surface area (Å²) in [5, 5.41) is 3.07. The zero-order chi connectivity index (χ0) is 17.9. The van der Waals surface area contributed by atoms with Gasteiger partial charge in [-0.25, -0.2) is 4.98 Å². The first-order chi connectivity index (χ1) is 11.9. The van der Waals surface area contributed by atoms with Crippen LogP contribution >= 0.6 is 11.6 Å². The quantitative estimate of drug-likeness (QED) is 0.798. The Morgan fingerprint density at radius 3 is 2.44 bits per heavy atom. The van der Waals surface area contributed by atoms with Crippen LogP contribution in [-0.2, 0) is 6.18 Å². The molecule has 1 aliphatic rings. The zero-order valence-corrected chi connectivity index (χ0v) is 14.2. The minimum atomic E-state index is -4.43. The molecule has 2 heterocycles. The summed E-state index contributed by atoms with van der Waals surface area (Å²) in [6.45, 7) is 1.77. The number of nitrogens with zero attached hydrogens (tertiary/aromatic N) is 3. The molecule has 134 valence electrons. The van der Waals surface area contributed by atoms with Crippen LogP contribution in [0.4, 0.5) is 30.6 Å². The molecule has 1 N–H and O–H groups in total. The van der Waals surface area contributed by atoms with Gasteiger partial charge in [-0.15, -0.1) is 0 Å². The van der Waals surface area contributed by atoms with Gasteiger partial charge in [0.2, 0.25) is 5.95 Å². The number of hydrogen-bond donors (Lipinski definition) is 1. The van der Waals surface area contributed by atoms with Crippen molar-refractivity contribution in [3.8, 4) is 0 Å². The van der Waals surface area contributed by atoms with Gasteiger partial charge in [0.1, 0.15) is 5.82 Å². The van der Waals surface area contributed by atoms with Crippen LogP contribution in [0.1, 0.15) is 31.2 Å². The first-order valence-electron chi connectivity index (χ1n) is 8.15. The Hall–Kier alpha value is -2.02. The first kappa shape index (κ1) is 17.8. The molecule has 25 heavy (non-hydrogen) atoms. The second-order valence-corrected chi connectivity index (χ2v) is 6.37. The van der Waals surface area contributed by atoms with Crippen molar-refractivity contribution < 1.29 is 13.2 Å². The highest BCUT2D eigenvalue weighted by atomic mass is 35.5. The molecule has 0 unspecified atom stereocenters. The van der Waals surface area contributed by atoms with E-state index in [2.05, 4.69) is 20.2 Å². The van der Waals surface area contributed by atoms with E-state index in [0.29, 0.717) is 11.8 Å². The molecule has 1 aliphatic heterocycles.